The third-order valence-corrected chi connectivity index (χ3v) is 6.65. The molecule has 2 aliphatic rings. The lowest BCUT2D eigenvalue weighted by Gasteiger charge is -2.05. The summed E-state index contributed by atoms with van der Waals surface area (Å²) in [4.78, 5) is 19.3. The molecule has 0 radical (unpaired) electrons. The first kappa shape index (κ1) is 16.9. The van der Waals surface area contributed by atoms with Crippen LogP contribution in [0.2, 0.25) is 0 Å². The maximum absolute atomic E-state index is 12.7. The van der Waals surface area contributed by atoms with Gasteiger partial charge in [-0.2, -0.15) is 4.99 Å². The van der Waals surface area contributed by atoms with Gasteiger partial charge in [0.05, 0.1) is 6.61 Å². The van der Waals surface area contributed by atoms with Gasteiger partial charge in [-0.15, -0.1) is 11.3 Å². The Labute approximate surface area is 142 Å². The minimum atomic E-state index is 0.120. The van der Waals surface area contributed by atoms with Crippen LogP contribution in [0.25, 0.3) is 0 Å². The molecule has 3 atom stereocenters. The number of aromatic nitrogens is 1. The average molecular weight is 337 g/mol. The van der Waals surface area contributed by atoms with Crippen LogP contribution >= 0.6 is 11.3 Å². The Kier molecular flexibility index (Phi) is 5.37. The largest absolute Gasteiger partial charge is 0.383 e. The highest BCUT2D eigenvalue weighted by Crippen LogP contribution is 2.54. The predicted octanol–water partition coefficient (Wildman–Crippen LogP) is 3.46. The second kappa shape index (κ2) is 7.31. The van der Waals surface area contributed by atoms with Gasteiger partial charge in [-0.1, -0.05) is 25.7 Å². The molecule has 1 aromatic heterocycles. The summed E-state index contributed by atoms with van der Waals surface area (Å²) >= 11 is 1.63. The van der Waals surface area contributed by atoms with Crippen molar-refractivity contribution < 1.29 is 9.53 Å². The first-order chi connectivity index (χ1) is 11.1. The third kappa shape index (κ3) is 3.61. The van der Waals surface area contributed by atoms with Crippen molar-refractivity contribution in [3.63, 3.8) is 0 Å². The molecule has 0 aliphatic heterocycles. The van der Waals surface area contributed by atoms with E-state index in [0.717, 1.165) is 11.3 Å². The molecule has 0 spiro atoms. The number of nitrogens with zero attached hydrogens (tertiary/aromatic N) is 2. The molecule has 2 aliphatic carbocycles. The fourth-order valence-corrected chi connectivity index (χ4v) is 5.02. The van der Waals surface area contributed by atoms with Crippen LogP contribution in [-0.2, 0) is 16.1 Å². The molecule has 0 N–H and O–H groups in total. The molecule has 2 saturated carbocycles. The maximum Gasteiger partial charge on any atom is 0.252 e. The summed E-state index contributed by atoms with van der Waals surface area (Å²) in [5.74, 6) is 1.54. The molecule has 0 aromatic carbocycles. The number of rotatable bonds is 4. The van der Waals surface area contributed by atoms with Crippen LogP contribution in [0, 0.1) is 31.6 Å². The van der Waals surface area contributed by atoms with Gasteiger partial charge in [0.15, 0.2) is 4.80 Å². The van der Waals surface area contributed by atoms with Crippen LogP contribution in [0.15, 0.2) is 4.99 Å². The first-order valence-electron chi connectivity index (χ1n) is 8.88. The average Bonchev–Trinajstić information content (AvgIpc) is 3.10. The lowest BCUT2D eigenvalue weighted by Crippen LogP contribution is -2.21. The molecule has 2 fully saturated rings. The van der Waals surface area contributed by atoms with Crippen LogP contribution in [-0.4, -0.2) is 24.2 Å². The smallest absolute Gasteiger partial charge is 0.252 e. The van der Waals surface area contributed by atoms with E-state index in [1.807, 2.05) is 0 Å². The Bertz CT molecular complexity index is 617. The first-order valence-corrected chi connectivity index (χ1v) is 9.69. The highest BCUT2D eigenvalue weighted by Gasteiger charge is 2.53. The van der Waals surface area contributed by atoms with Crippen LogP contribution < -0.4 is 4.80 Å². The van der Waals surface area contributed by atoms with Gasteiger partial charge in [-0.05, 0) is 38.5 Å². The molecule has 1 aromatic rings. The minimum absolute atomic E-state index is 0.120. The van der Waals surface area contributed by atoms with Crippen molar-refractivity contribution in [2.24, 2.45) is 22.7 Å². The van der Waals surface area contributed by atoms with Crippen molar-refractivity contribution in [1.82, 2.24) is 4.57 Å². The minimum Gasteiger partial charge on any atom is -0.383 e. The van der Waals surface area contributed by atoms with Gasteiger partial charge in [-0.25, -0.2) is 0 Å². The van der Waals surface area contributed by atoms with Crippen LogP contribution in [0.5, 0.6) is 0 Å². The molecule has 23 heavy (non-hydrogen) atoms. The normalized spacial score (nSPS) is 28.1. The molecule has 1 heterocycles. The predicted molar refractivity (Wildman–Crippen MR) is 92.4 cm³/mol. The summed E-state index contributed by atoms with van der Waals surface area (Å²) in [5.41, 5.74) is 1.19. The lowest BCUT2D eigenvalue weighted by molar-refractivity contribution is -0.119. The highest BCUT2D eigenvalue weighted by atomic mass is 32.1. The maximum atomic E-state index is 12.7. The van der Waals surface area contributed by atoms with E-state index < -0.39 is 0 Å². The summed E-state index contributed by atoms with van der Waals surface area (Å²) in [6.45, 7) is 5.59. The Morgan fingerprint density at radius 3 is 2.48 bits per heavy atom. The van der Waals surface area contributed by atoms with E-state index in [2.05, 4.69) is 23.4 Å². The van der Waals surface area contributed by atoms with Gasteiger partial charge in [0, 0.05) is 30.1 Å². The summed E-state index contributed by atoms with van der Waals surface area (Å²) < 4.78 is 7.32. The van der Waals surface area contributed by atoms with Crippen molar-refractivity contribution in [3.05, 3.63) is 15.4 Å². The van der Waals surface area contributed by atoms with Gasteiger partial charge in [0.1, 0.15) is 0 Å². The standard InChI is InChI=1S/C18H28N2O2S/c1-12-13(2)23-18(20(12)10-11-22-3)19-17(21)16-14-8-6-4-5-7-9-15(14)16/h14-16H,4-11H2,1-3H3/t14-,15+,16?. The number of carbonyl (C=O) groups is 1. The highest BCUT2D eigenvalue weighted by molar-refractivity contribution is 7.09. The van der Waals surface area contributed by atoms with Crippen molar-refractivity contribution in [2.75, 3.05) is 13.7 Å². The van der Waals surface area contributed by atoms with Crippen molar-refractivity contribution in [3.8, 4) is 0 Å². The van der Waals surface area contributed by atoms with Crippen molar-refractivity contribution >= 4 is 17.2 Å². The molecule has 0 bridgehead atoms. The summed E-state index contributed by atoms with van der Waals surface area (Å²) in [7, 11) is 1.71. The van der Waals surface area contributed by atoms with Crippen molar-refractivity contribution in [2.45, 2.75) is 58.9 Å². The number of ether oxygens (including phenoxy) is 1. The quantitative estimate of drug-likeness (QED) is 0.845. The van der Waals surface area contributed by atoms with Gasteiger partial charge in [0.2, 0.25) is 0 Å². The summed E-state index contributed by atoms with van der Waals surface area (Å²) in [6, 6.07) is 0. The zero-order chi connectivity index (χ0) is 16.4. The molecule has 4 nitrogen and oxygen atoms in total. The number of hydrogen-bond donors (Lipinski definition) is 0. The van der Waals surface area contributed by atoms with Gasteiger partial charge >= 0.3 is 0 Å². The van der Waals surface area contributed by atoms with E-state index >= 15 is 0 Å². The SMILES string of the molecule is COCCn1c(C)c(C)sc1=NC(=O)C1[C@H]2CCCCCC[C@@H]12. The van der Waals surface area contributed by atoms with Gasteiger partial charge in [-0.3, -0.25) is 4.79 Å². The van der Waals surface area contributed by atoms with Crippen LogP contribution in [0.1, 0.15) is 49.1 Å². The molecule has 128 valence electrons. The number of aryl methyl sites for hydroxylation is 1. The monoisotopic (exact) mass is 336 g/mol. The second-order valence-electron chi connectivity index (χ2n) is 6.97. The topological polar surface area (TPSA) is 43.6 Å². The summed E-state index contributed by atoms with van der Waals surface area (Å²) in [5, 5.41) is 0. The fourth-order valence-electron chi connectivity index (χ4n) is 4.01. The molecular formula is C18H28N2O2S. The van der Waals surface area contributed by atoms with E-state index in [9.17, 15) is 4.79 Å². The zero-order valence-electron chi connectivity index (χ0n) is 14.5. The van der Waals surface area contributed by atoms with Crippen LogP contribution in [0.3, 0.4) is 0 Å². The molecule has 1 amide bonds. The summed E-state index contributed by atoms with van der Waals surface area (Å²) in [6.07, 6.45) is 7.70. The number of hydrogen-bond acceptors (Lipinski definition) is 3. The zero-order valence-corrected chi connectivity index (χ0v) is 15.3. The molecular weight excluding hydrogens is 308 g/mol. The Hall–Kier alpha value is -0.940. The van der Waals surface area contributed by atoms with E-state index in [4.69, 9.17) is 4.74 Å². The Balaban J connectivity index is 1.78. The number of methoxy groups -OCH3 is 1. The molecule has 5 heteroatoms. The number of thiazole rings is 1. The molecule has 0 saturated heterocycles. The van der Waals surface area contributed by atoms with Crippen LogP contribution in [0.4, 0.5) is 0 Å². The fraction of sp³-hybridized carbons (Fsp3) is 0.778. The van der Waals surface area contributed by atoms with E-state index in [-0.39, 0.29) is 11.8 Å². The Morgan fingerprint density at radius 2 is 1.87 bits per heavy atom. The molecule has 3 rings (SSSR count). The number of carbonyl (C=O) groups excluding carboxylic acids is 1. The van der Waals surface area contributed by atoms with Gasteiger partial charge < -0.3 is 9.30 Å². The number of fused-ring (bicyclic) bond motifs is 1. The van der Waals surface area contributed by atoms with Gasteiger partial charge in [0.25, 0.3) is 5.91 Å². The third-order valence-electron chi connectivity index (χ3n) is 5.56. The second-order valence-corrected chi connectivity index (χ2v) is 8.15. The Morgan fingerprint density at radius 1 is 1.22 bits per heavy atom. The van der Waals surface area contributed by atoms with E-state index in [1.165, 1.54) is 49.1 Å². The van der Waals surface area contributed by atoms with E-state index in [0.29, 0.717) is 18.4 Å². The number of amides is 1. The lowest BCUT2D eigenvalue weighted by atomic mass is 10.0. The molecule has 1 unspecified atom stereocenters. The van der Waals surface area contributed by atoms with E-state index in [1.54, 1.807) is 18.4 Å². The van der Waals surface area contributed by atoms with Crippen molar-refractivity contribution in [1.29, 1.82) is 0 Å².